The summed E-state index contributed by atoms with van der Waals surface area (Å²) in [6.07, 6.45) is 7.92. The van der Waals surface area contributed by atoms with Crippen molar-refractivity contribution in [3.8, 4) is 0 Å². The van der Waals surface area contributed by atoms with Crippen molar-refractivity contribution >= 4 is 15.9 Å². The summed E-state index contributed by atoms with van der Waals surface area (Å²) in [6.45, 7) is 2.34. The van der Waals surface area contributed by atoms with Gasteiger partial charge in [0.25, 0.3) is 0 Å². The molecule has 1 aliphatic rings. The van der Waals surface area contributed by atoms with E-state index in [-0.39, 0.29) is 0 Å². The summed E-state index contributed by atoms with van der Waals surface area (Å²) >= 11 is 3.40. The highest BCUT2D eigenvalue weighted by Crippen LogP contribution is 2.41. The Labute approximate surface area is 111 Å². The molecule has 2 rings (SSSR count). The van der Waals surface area contributed by atoms with Gasteiger partial charge in [0.1, 0.15) is 0 Å². The van der Waals surface area contributed by atoms with Crippen LogP contribution >= 0.6 is 15.9 Å². The van der Waals surface area contributed by atoms with Gasteiger partial charge in [0.15, 0.2) is 0 Å². The number of hydrogen-bond donors (Lipinski definition) is 2. The molecule has 1 aromatic rings. The molecule has 0 amide bonds. The summed E-state index contributed by atoms with van der Waals surface area (Å²) in [5.41, 5.74) is 4.42. The third-order valence-electron chi connectivity index (χ3n) is 3.99. The van der Waals surface area contributed by atoms with E-state index in [9.17, 15) is 0 Å². The van der Waals surface area contributed by atoms with Gasteiger partial charge in [-0.1, -0.05) is 19.8 Å². The Hall–Kier alpha value is -0.450. The minimum atomic E-state index is 0.318. The van der Waals surface area contributed by atoms with Crippen LogP contribution < -0.4 is 11.3 Å². The van der Waals surface area contributed by atoms with E-state index in [1.54, 1.807) is 0 Å². The molecule has 1 heterocycles. The van der Waals surface area contributed by atoms with Crippen molar-refractivity contribution in [3.63, 3.8) is 0 Å². The van der Waals surface area contributed by atoms with Crippen LogP contribution in [-0.2, 0) is 6.42 Å². The van der Waals surface area contributed by atoms with Crippen LogP contribution in [0.15, 0.2) is 22.8 Å². The first-order valence-electron chi connectivity index (χ1n) is 6.21. The van der Waals surface area contributed by atoms with Crippen molar-refractivity contribution in [3.05, 3.63) is 28.5 Å². The fourth-order valence-corrected chi connectivity index (χ4v) is 3.01. The molecule has 0 aliphatic heterocycles. The molecule has 4 heteroatoms. The first kappa shape index (κ1) is 13.0. The Morgan fingerprint density at radius 1 is 1.47 bits per heavy atom. The fraction of sp³-hybridized carbons (Fsp3) is 0.615. The predicted molar refractivity (Wildman–Crippen MR) is 73.3 cm³/mol. The van der Waals surface area contributed by atoms with Gasteiger partial charge in [-0.2, -0.15) is 0 Å². The number of hydrogen-bond acceptors (Lipinski definition) is 3. The van der Waals surface area contributed by atoms with Crippen LogP contribution in [0.4, 0.5) is 0 Å². The Kier molecular flexibility index (Phi) is 4.17. The molecule has 1 aliphatic carbocycles. The number of nitrogens with two attached hydrogens (primary N) is 1. The lowest BCUT2D eigenvalue weighted by molar-refractivity contribution is 0.219. The third-order valence-corrected chi connectivity index (χ3v) is 4.46. The van der Waals surface area contributed by atoms with Crippen LogP contribution in [0.25, 0.3) is 0 Å². The molecular formula is C13H20BrN3. The molecular weight excluding hydrogens is 278 g/mol. The number of halogens is 1. The van der Waals surface area contributed by atoms with Crippen molar-refractivity contribution in [1.29, 1.82) is 0 Å². The lowest BCUT2D eigenvalue weighted by Crippen LogP contribution is -2.47. The predicted octanol–water partition coefficient (Wildman–Crippen LogP) is 2.80. The second-order valence-electron chi connectivity index (χ2n) is 5.25. The lowest BCUT2D eigenvalue weighted by Gasteiger charge is -2.33. The van der Waals surface area contributed by atoms with E-state index < -0.39 is 0 Å². The Bertz CT molecular complexity index is 357. The van der Waals surface area contributed by atoms with Gasteiger partial charge >= 0.3 is 0 Å². The summed E-state index contributed by atoms with van der Waals surface area (Å²) in [6, 6.07) is 4.42. The lowest BCUT2D eigenvalue weighted by atomic mass is 9.79. The number of nitrogens with zero attached hydrogens (tertiary/aromatic N) is 1. The van der Waals surface area contributed by atoms with Crippen LogP contribution in [0.2, 0.25) is 0 Å². The smallest absolute Gasteiger partial charge is 0.0420 e. The third kappa shape index (κ3) is 3.06. The molecule has 3 N–H and O–H groups in total. The zero-order valence-corrected chi connectivity index (χ0v) is 11.8. The van der Waals surface area contributed by atoms with Crippen LogP contribution in [-0.4, -0.2) is 11.0 Å². The molecule has 17 heavy (non-hydrogen) atoms. The van der Waals surface area contributed by atoms with E-state index in [1.165, 1.54) is 25.7 Å². The van der Waals surface area contributed by atoms with Gasteiger partial charge < -0.3 is 0 Å². The summed E-state index contributed by atoms with van der Waals surface area (Å²) in [4.78, 5) is 4.43. The fourth-order valence-electron chi connectivity index (χ4n) is 2.77. The molecule has 1 aromatic heterocycles. The average molecular weight is 298 g/mol. The number of nitrogens with one attached hydrogen (secondary N) is 1. The minimum Gasteiger partial charge on any atom is -0.271 e. The van der Waals surface area contributed by atoms with Crippen molar-refractivity contribution in [2.24, 2.45) is 11.3 Å². The largest absolute Gasteiger partial charge is 0.271 e. The molecule has 1 unspecified atom stereocenters. The van der Waals surface area contributed by atoms with E-state index in [0.717, 1.165) is 16.6 Å². The summed E-state index contributed by atoms with van der Waals surface area (Å²) < 4.78 is 1.02. The normalized spacial score (nSPS) is 20.4. The second-order valence-corrected chi connectivity index (χ2v) is 6.17. The molecule has 94 valence electrons. The maximum Gasteiger partial charge on any atom is 0.0420 e. The molecule has 1 saturated carbocycles. The molecule has 0 spiro atoms. The second kappa shape index (κ2) is 5.46. The zero-order chi connectivity index (χ0) is 12.3. The quantitative estimate of drug-likeness (QED) is 0.664. The summed E-state index contributed by atoms with van der Waals surface area (Å²) in [5, 5.41) is 0. The minimum absolute atomic E-state index is 0.318. The highest BCUT2D eigenvalue weighted by atomic mass is 79.9. The SMILES string of the molecule is CC1(C(Cc2ccc(Br)cn2)NN)CCCC1. The first-order chi connectivity index (χ1) is 8.14. The first-order valence-corrected chi connectivity index (χ1v) is 7.00. The molecule has 0 aromatic carbocycles. The molecule has 0 saturated heterocycles. The van der Waals surface area contributed by atoms with Crippen molar-refractivity contribution < 1.29 is 0 Å². The zero-order valence-electron chi connectivity index (χ0n) is 10.2. The van der Waals surface area contributed by atoms with Crippen LogP contribution in [0.3, 0.4) is 0 Å². The average Bonchev–Trinajstić information content (AvgIpc) is 2.76. The monoisotopic (exact) mass is 297 g/mol. The maximum absolute atomic E-state index is 5.73. The van der Waals surface area contributed by atoms with Crippen LogP contribution in [0.5, 0.6) is 0 Å². The Balaban J connectivity index is 2.06. The van der Waals surface area contributed by atoms with Gasteiger partial charge in [-0.05, 0) is 46.3 Å². The van der Waals surface area contributed by atoms with Crippen molar-refractivity contribution in [2.45, 2.75) is 45.1 Å². The van der Waals surface area contributed by atoms with Gasteiger partial charge in [0, 0.05) is 28.8 Å². The Morgan fingerprint density at radius 3 is 2.71 bits per heavy atom. The van der Waals surface area contributed by atoms with Crippen molar-refractivity contribution in [2.75, 3.05) is 0 Å². The molecule has 0 bridgehead atoms. The highest BCUT2D eigenvalue weighted by molar-refractivity contribution is 9.10. The van der Waals surface area contributed by atoms with E-state index >= 15 is 0 Å². The highest BCUT2D eigenvalue weighted by Gasteiger charge is 2.36. The van der Waals surface area contributed by atoms with E-state index in [4.69, 9.17) is 5.84 Å². The number of aromatic nitrogens is 1. The molecule has 3 nitrogen and oxygen atoms in total. The Morgan fingerprint density at radius 2 is 2.18 bits per heavy atom. The molecule has 0 radical (unpaired) electrons. The van der Waals surface area contributed by atoms with E-state index in [2.05, 4.69) is 39.3 Å². The topological polar surface area (TPSA) is 50.9 Å². The maximum atomic E-state index is 5.73. The van der Waals surface area contributed by atoms with E-state index in [1.807, 2.05) is 12.3 Å². The van der Waals surface area contributed by atoms with Crippen molar-refractivity contribution in [1.82, 2.24) is 10.4 Å². The van der Waals surface area contributed by atoms with Gasteiger partial charge in [-0.3, -0.25) is 16.3 Å². The van der Waals surface area contributed by atoms with Crippen LogP contribution in [0.1, 0.15) is 38.3 Å². The molecule has 1 fully saturated rings. The summed E-state index contributed by atoms with van der Waals surface area (Å²) in [5.74, 6) is 5.73. The van der Waals surface area contributed by atoms with Gasteiger partial charge in [0.05, 0.1) is 0 Å². The van der Waals surface area contributed by atoms with Crippen LogP contribution in [0, 0.1) is 5.41 Å². The standard InChI is InChI=1S/C13H20BrN3/c1-13(6-2-3-7-13)12(17-15)8-11-5-4-10(14)9-16-11/h4-5,9,12,17H,2-3,6-8,15H2,1H3. The van der Waals surface area contributed by atoms with Gasteiger partial charge in [0.2, 0.25) is 0 Å². The van der Waals surface area contributed by atoms with E-state index in [0.29, 0.717) is 11.5 Å². The number of rotatable bonds is 4. The number of pyridine rings is 1. The molecule has 1 atom stereocenters. The van der Waals surface area contributed by atoms with Gasteiger partial charge in [-0.15, -0.1) is 0 Å². The summed E-state index contributed by atoms with van der Waals surface area (Å²) in [7, 11) is 0. The van der Waals surface area contributed by atoms with Gasteiger partial charge in [-0.25, -0.2) is 0 Å². The number of hydrazine groups is 1.